The van der Waals surface area contributed by atoms with Crippen molar-refractivity contribution >= 4 is 17.3 Å². The molecule has 2 fully saturated rings. The molecule has 0 saturated carbocycles. The van der Waals surface area contributed by atoms with Crippen molar-refractivity contribution < 1.29 is 18.6 Å². The quantitative estimate of drug-likeness (QED) is 0.279. The molecular weight excluding hydrogens is 579 g/mol. The van der Waals surface area contributed by atoms with E-state index in [2.05, 4.69) is 46.7 Å². The highest BCUT2D eigenvalue weighted by Crippen LogP contribution is 2.36. The van der Waals surface area contributed by atoms with Gasteiger partial charge in [0.15, 0.2) is 0 Å². The molecule has 2 aliphatic heterocycles. The number of benzene rings is 2. The molecule has 2 saturated heterocycles. The third-order valence-electron chi connectivity index (χ3n) is 8.13. The molecule has 14 heteroatoms. The number of halogens is 1. The summed E-state index contributed by atoms with van der Waals surface area (Å²) in [7, 11) is 1.56. The standard InChI is InChI=1S/C31H35FN10O3/c1-21(19-42-20-36-38-39-42)45-29-13-22(3-4-23(29)16-33)24-17-34-31(35-18-24)37-27-14-26(32)28(15-30(27)43-2)41-7-5-25(6-8-41)40-9-11-44-12-10-40/h3-4,13-15,17-18,20-21,25H,5-12,19H2,1-2H3,(H,34,35,37). The molecule has 4 heterocycles. The van der Waals surface area contributed by atoms with Crippen molar-refractivity contribution in [2.45, 2.75) is 38.5 Å². The highest BCUT2D eigenvalue weighted by molar-refractivity contribution is 5.70. The van der Waals surface area contributed by atoms with Gasteiger partial charge in [-0.1, -0.05) is 6.07 Å². The summed E-state index contributed by atoms with van der Waals surface area (Å²) in [6, 6.07) is 11.1. The van der Waals surface area contributed by atoms with Gasteiger partial charge in [-0.3, -0.25) is 4.90 Å². The molecule has 1 atom stereocenters. The average Bonchev–Trinajstić information content (AvgIpc) is 3.59. The van der Waals surface area contributed by atoms with E-state index in [0.29, 0.717) is 41.0 Å². The van der Waals surface area contributed by atoms with Crippen LogP contribution < -0.4 is 19.7 Å². The number of rotatable bonds is 10. The molecule has 45 heavy (non-hydrogen) atoms. The van der Waals surface area contributed by atoms with Crippen LogP contribution in [0, 0.1) is 17.1 Å². The first-order valence-electron chi connectivity index (χ1n) is 15.0. The monoisotopic (exact) mass is 614 g/mol. The number of nitriles is 1. The predicted molar refractivity (Wildman–Crippen MR) is 164 cm³/mol. The van der Waals surface area contributed by atoms with Crippen molar-refractivity contribution in [2.75, 3.05) is 56.7 Å². The van der Waals surface area contributed by atoms with Gasteiger partial charge in [-0.15, -0.1) is 5.10 Å². The zero-order valence-electron chi connectivity index (χ0n) is 25.3. The van der Waals surface area contributed by atoms with Gasteiger partial charge in [-0.25, -0.2) is 19.0 Å². The largest absolute Gasteiger partial charge is 0.494 e. The summed E-state index contributed by atoms with van der Waals surface area (Å²) in [5.41, 5.74) is 2.86. The fourth-order valence-corrected chi connectivity index (χ4v) is 5.80. The Labute approximate surface area is 260 Å². The van der Waals surface area contributed by atoms with Crippen molar-refractivity contribution in [3.05, 3.63) is 60.4 Å². The first-order chi connectivity index (χ1) is 22.0. The predicted octanol–water partition coefficient (Wildman–Crippen LogP) is 3.66. The van der Waals surface area contributed by atoms with Crippen LogP contribution in [-0.4, -0.2) is 93.7 Å². The lowest BCUT2D eigenvalue weighted by atomic mass is 10.0. The van der Waals surface area contributed by atoms with Crippen molar-refractivity contribution in [2.24, 2.45) is 0 Å². The first kappa shape index (κ1) is 30.2. The molecule has 2 aromatic heterocycles. The van der Waals surface area contributed by atoms with E-state index in [4.69, 9.17) is 14.2 Å². The maximum Gasteiger partial charge on any atom is 0.227 e. The molecule has 0 aliphatic carbocycles. The van der Waals surface area contributed by atoms with E-state index in [0.717, 1.165) is 63.4 Å². The molecule has 0 amide bonds. The third kappa shape index (κ3) is 7.11. The molecule has 0 spiro atoms. The van der Waals surface area contributed by atoms with Crippen LogP contribution in [0.2, 0.25) is 0 Å². The molecule has 13 nitrogen and oxygen atoms in total. The van der Waals surface area contributed by atoms with Crippen LogP contribution in [0.3, 0.4) is 0 Å². The van der Waals surface area contributed by atoms with Gasteiger partial charge in [0.05, 0.1) is 43.8 Å². The number of hydrogen-bond donors (Lipinski definition) is 1. The van der Waals surface area contributed by atoms with Crippen LogP contribution in [0.5, 0.6) is 11.5 Å². The number of nitrogens with one attached hydrogen (secondary N) is 1. The van der Waals surface area contributed by atoms with Gasteiger partial charge < -0.3 is 24.4 Å². The lowest BCUT2D eigenvalue weighted by molar-refractivity contribution is 0.0115. The third-order valence-corrected chi connectivity index (χ3v) is 8.13. The Hall–Kier alpha value is -4.87. The van der Waals surface area contributed by atoms with E-state index in [-0.39, 0.29) is 17.9 Å². The van der Waals surface area contributed by atoms with E-state index < -0.39 is 0 Å². The number of hydrogen-bond acceptors (Lipinski definition) is 12. The molecule has 0 bridgehead atoms. The van der Waals surface area contributed by atoms with Crippen molar-refractivity contribution in [3.8, 4) is 28.7 Å². The molecule has 1 unspecified atom stereocenters. The zero-order chi connectivity index (χ0) is 31.2. The molecule has 0 radical (unpaired) electrons. The summed E-state index contributed by atoms with van der Waals surface area (Å²) >= 11 is 0. The Morgan fingerprint density at radius 3 is 2.53 bits per heavy atom. The van der Waals surface area contributed by atoms with Gasteiger partial charge in [-0.2, -0.15) is 5.26 Å². The number of piperidine rings is 1. The Morgan fingerprint density at radius 1 is 1.07 bits per heavy atom. The zero-order valence-corrected chi connectivity index (χ0v) is 25.3. The van der Waals surface area contributed by atoms with Crippen LogP contribution in [0.25, 0.3) is 11.1 Å². The lowest BCUT2D eigenvalue weighted by Gasteiger charge is -2.41. The number of nitrogens with zero attached hydrogens (tertiary/aromatic N) is 9. The van der Waals surface area contributed by atoms with Gasteiger partial charge in [0.2, 0.25) is 5.95 Å². The van der Waals surface area contributed by atoms with Gasteiger partial charge >= 0.3 is 0 Å². The van der Waals surface area contributed by atoms with E-state index in [1.807, 2.05) is 13.0 Å². The smallest absolute Gasteiger partial charge is 0.227 e. The fraction of sp³-hybridized carbons (Fsp3) is 0.419. The lowest BCUT2D eigenvalue weighted by Crippen LogP contribution is -2.49. The summed E-state index contributed by atoms with van der Waals surface area (Å²) in [5, 5.41) is 23.8. The number of ether oxygens (including phenoxy) is 3. The molecular formula is C31H35FN10O3. The van der Waals surface area contributed by atoms with E-state index >= 15 is 4.39 Å². The van der Waals surface area contributed by atoms with Gasteiger partial charge in [-0.05, 0) is 47.9 Å². The summed E-state index contributed by atoms with van der Waals surface area (Å²) < 4.78 is 34.2. The van der Waals surface area contributed by atoms with Crippen molar-refractivity contribution in [3.63, 3.8) is 0 Å². The van der Waals surface area contributed by atoms with Crippen molar-refractivity contribution in [1.29, 1.82) is 5.26 Å². The number of aromatic nitrogens is 6. The topological polar surface area (TPSA) is 139 Å². The normalized spacial score (nSPS) is 16.6. The molecule has 2 aromatic carbocycles. The van der Waals surface area contributed by atoms with Gasteiger partial charge in [0.25, 0.3) is 0 Å². The second-order valence-electron chi connectivity index (χ2n) is 11.1. The van der Waals surface area contributed by atoms with Crippen molar-refractivity contribution in [1.82, 2.24) is 35.1 Å². The second kappa shape index (κ2) is 13.8. The van der Waals surface area contributed by atoms with Crippen LogP contribution >= 0.6 is 0 Å². The van der Waals surface area contributed by atoms with E-state index in [9.17, 15) is 5.26 Å². The summed E-state index contributed by atoms with van der Waals surface area (Å²) in [4.78, 5) is 13.5. The number of morpholine rings is 1. The first-order valence-corrected chi connectivity index (χ1v) is 15.0. The SMILES string of the molecule is COc1cc(N2CCC(N3CCOCC3)CC2)c(F)cc1Nc1ncc(-c2ccc(C#N)c(OC(C)Cn3cnnn3)c2)cn1. The minimum absolute atomic E-state index is 0.288. The summed E-state index contributed by atoms with van der Waals surface area (Å²) in [6.45, 7) is 7.33. The molecule has 234 valence electrons. The number of methoxy groups -OCH3 is 1. The molecule has 4 aromatic rings. The number of tetrazole rings is 1. The maximum atomic E-state index is 15.4. The van der Waals surface area contributed by atoms with Crippen LogP contribution in [-0.2, 0) is 11.3 Å². The number of anilines is 3. The Balaban J connectivity index is 1.12. The molecule has 1 N–H and O–H groups in total. The molecule has 6 rings (SSSR count). The Bertz CT molecular complexity index is 1620. The van der Waals surface area contributed by atoms with E-state index in [1.165, 1.54) is 12.4 Å². The highest BCUT2D eigenvalue weighted by atomic mass is 19.1. The minimum Gasteiger partial charge on any atom is -0.494 e. The maximum absolute atomic E-state index is 15.4. The van der Waals surface area contributed by atoms with Gasteiger partial charge in [0.1, 0.15) is 35.8 Å². The van der Waals surface area contributed by atoms with Crippen LogP contribution in [0.4, 0.5) is 21.7 Å². The summed E-state index contributed by atoms with van der Waals surface area (Å²) in [5.74, 6) is 0.886. The minimum atomic E-state index is -0.334. The highest BCUT2D eigenvalue weighted by Gasteiger charge is 2.27. The second-order valence-corrected chi connectivity index (χ2v) is 11.1. The molecule has 2 aliphatic rings. The fourth-order valence-electron chi connectivity index (χ4n) is 5.80. The Morgan fingerprint density at radius 2 is 1.84 bits per heavy atom. The van der Waals surface area contributed by atoms with Gasteiger partial charge in [0, 0.05) is 62.3 Å². The van der Waals surface area contributed by atoms with Crippen LogP contribution in [0.15, 0.2) is 49.1 Å². The van der Waals surface area contributed by atoms with Crippen LogP contribution in [0.1, 0.15) is 25.3 Å². The summed E-state index contributed by atoms with van der Waals surface area (Å²) in [6.07, 6.45) is 6.48. The van der Waals surface area contributed by atoms with E-state index in [1.54, 1.807) is 42.4 Å². The average molecular weight is 615 g/mol. The Kier molecular flexibility index (Phi) is 9.27.